The van der Waals surface area contributed by atoms with Gasteiger partial charge in [-0.25, -0.2) is 4.79 Å². The van der Waals surface area contributed by atoms with Crippen molar-refractivity contribution >= 4 is 17.7 Å². The lowest BCUT2D eigenvalue weighted by Crippen LogP contribution is -2.54. The van der Waals surface area contributed by atoms with Gasteiger partial charge in [-0.05, 0) is 26.3 Å². The molecule has 25 heavy (non-hydrogen) atoms. The molecule has 0 radical (unpaired) electrons. The minimum absolute atomic E-state index is 0.0882. The Hall–Kier alpha value is -2.64. The second kappa shape index (κ2) is 7.08. The van der Waals surface area contributed by atoms with Crippen molar-refractivity contribution in [3.05, 3.63) is 39.9 Å². The van der Waals surface area contributed by atoms with Gasteiger partial charge in [0.1, 0.15) is 5.60 Å². The monoisotopic (exact) mass is 350 g/mol. The molecule has 1 saturated heterocycles. The number of hydrogen-bond donors (Lipinski definition) is 0. The number of carbonyl (C=O) groups is 2. The number of non-ortho nitro benzene ring substituents is 1. The van der Waals surface area contributed by atoms with Gasteiger partial charge >= 0.3 is 12.1 Å². The Kier molecular flexibility index (Phi) is 5.30. The fraction of sp³-hybridized carbons (Fsp3) is 0.529. The van der Waals surface area contributed by atoms with E-state index in [0.717, 1.165) is 0 Å². The molecule has 1 amide bonds. The van der Waals surface area contributed by atoms with Crippen LogP contribution in [0.25, 0.3) is 0 Å². The van der Waals surface area contributed by atoms with Crippen molar-refractivity contribution < 1.29 is 24.0 Å². The summed E-state index contributed by atoms with van der Waals surface area (Å²) in [6.07, 6.45) is -0.439. The number of amides is 1. The maximum atomic E-state index is 12.2. The molecule has 0 saturated carbocycles. The summed E-state index contributed by atoms with van der Waals surface area (Å²) < 4.78 is 10.2. The van der Waals surface area contributed by atoms with Crippen LogP contribution in [0.2, 0.25) is 0 Å². The molecule has 0 aromatic heterocycles. The average Bonchev–Trinajstić information content (AvgIpc) is 2.47. The average molecular weight is 350 g/mol. The third-order valence-corrected chi connectivity index (χ3v) is 3.93. The minimum Gasteiger partial charge on any atom is -0.469 e. The minimum atomic E-state index is -0.663. The van der Waals surface area contributed by atoms with Crippen molar-refractivity contribution in [1.82, 2.24) is 4.90 Å². The lowest BCUT2D eigenvalue weighted by Gasteiger charge is -2.42. The molecule has 0 spiro atoms. The summed E-state index contributed by atoms with van der Waals surface area (Å²) >= 11 is 0. The Morgan fingerprint density at radius 3 is 2.48 bits per heavy atom. The molecule has 1 atom stereocenters. The number of benzene rings is 1. The van der Waals surface area contributed by atoms with Crippen molar-refractivity contribution in [2.75, 3.05) is 20.2 Å². The molecule has 0 N–H and O–H groups in total. The van der Waals surface area contributed by atoms with E-state index in [1.807, 2.05) is 0 Å². The number of carbonyl (C=O) groups excluding carboxylic acids is 2. The van der Waals surface area contributed by atoms with Crippen LogP contribution in [0.4, 0.5) is 10.5 Å². The lowest BCUT2D eigenvalue weighted by molar-refractivity contribution is -0.384. The molecule has 0 bridgehead atoms. The van der Waals surface area contributed by atoms with Crippen molar-refractivity contribution in [3.63, 3.8) is 0 Å². The molecule has 1 aromatic rings. The van der Waals surface area contributed by atoms with Gasteiger partial charge in [-0.15, -0.1) is 0 Å². The van der Waals surface area contributed by atoms with Crippen LogP contribution in [0.1, 0.15) is 32.3 Å². The zero-order valence-electron chi connectivity index (χ0n) is 14.7. The highest BCUT2D eigenvalue weighted by Gasteiger charge is 2.42. The summed E-state index contributed by atoms with van der Waals surface area (Å²) in [7, 11) is 1.27. The first kappa shape index (κ1) is 18.7. The van der Waals surface area contributed by atoms with Crippen molar-refractivity contribution in [2.24, 2.45) is 5.92 Å². The molecular formula is C17H22N2O6. The molecule has 8 nitrogen and oxygen atoms in total. The summed E-state index contributed by atoms with van der Waals surface area (Å²) in [5.74, 6) is -1.32. The van der Waals surface area contributed by atoms with Crippen molar-refractivity contribution in [1.29, 1.82) is 0 Å². The van der Waals surface area contributed by atoms with Gasteiger partial charge < -0.3 is 14.4 Å². The Morgan fingerprint density at radius 1 is 1.32 bits per heavy atom. The highest BCUT2D eigenvalue weighted by molar-refractivity contribution is 5.79. The van der Waals surface area contributed by atoms with Gasteiger partial charge in [0.15, 0.2) is 0 Å². The summed E-state index contributed by atoms with van der Waals surface area (Å²) in [4.78, 5) is 36.2. The van der Waals surface area contributed by atoms with Crippen LogP contribution in [0.3, 0.4) is 0 Å². The molecule has 1 aromatic carbocycles. The molecule has 1 heterocycles. The van der Waals surface area contributed by atoms with E-state index in [1.54, 1.807) is 26.8 Å². The van der Waals surface area contributed by atoms with E-state index in [0.29, 0.717) is 18.7 Å². The number of ether oxygens (including phenoxy) is 2. The topological polar surface area (TPSA) is 99.0 Å². The molecule has 8 heteroatoms. The van der Waals surface area contributed by atoms with Crippen LogP contribution < -0.4 is 0 Å². The summed E-state index contributed by atoms with van der Waals surface area (Å²) in [6.45, 7) is 6.00. The number of esters is 1. The molecule has 1 fully saturated rings. The van der Waals surface area contributed by atoms with Crippen molar-refractivity contribution in [2.45, 2.75) is 32.3 Å². The van der Waals surface area contributed by atoms with Crippen LogP contribution in [0, 0.1) is 16.0 Å². The van der Waals surface area contributed by atoms with Gasteiger partial charge in [0.05, 0.1) is 18.0 Å². The number of nitrogens with zero attached hydrogens (tertiary/aromatic N) is 2. The molecule has 0 aliphatic carbocycles. The van der Waals surface area contributed by atoms with Gasteiger partial charge in [-0.1, -0.05) is 12.1 Å². The van der Waals surface area contributed by atoms with E-state index in [2.05, 4.69) is 0 Å². The third kappa shape index (κ3) is 4.46. The molecule has 1 unspecified atom stereocenters. The predicted octanol–water partition coefficient (Wildman–Crippen LogP) is 2.72. The van der Waals surface area contributed by atoms with Gasteiger partial charge in [0, 0.05) is 31.1 Å². The van der Waals surface area contributed by atoms with E-state index >= 15 is 0 Å². The summed E-state index contributed by atoms with van der Waals surface area (Å²) in [5, 5.41) is 11.0. The Morgan fingerprint density at radius 2 is 1.96 bits per heavy atom. The van der Waals surface area contributed by atoms with Gasteiger partial charge in [-0.2, -0.15) is 0 Å². The molecule has 136 valence electrons. The molecular weight excluding hydrogens is 328 g/mol. The Bertz CT molecular complexity index is 676. The SMILES string of the molecule is COC(=O)C(c1cccc([N+](=O)[O-])c1)C1CN(C(=O)OC(C)(C)C)C1. The quantitative estimate of drug-likeness (QED) is 0.470. The van der Waals surface area contributed by atoms with E-state index in [-0.39, 0.29) is 11.6 Å². The van der Waals surface area contributed by atoms with Crippen LogP contribution >= 0.6 is 0 Å². The highest BCUT2D eigenvalue weighted by Crippen LogP contribution is 2.35. The Balaban J connectivity index is 2.13. The smallest absolute Gasteiger partial charge is 0.410 e. The maximum Gasteiger partial charge on any atom is 0.410 e. The number of nitro groups is 1. The largest absolute Gasteiger partial charge is 0.469 e. The van der Waals surface area contributed by atoms with Gasteiger partial charge in [-0.3, -0.25) is 14.9 Å². The molecule has 1 aliphatic rings. The van der Waals surface area contributed by atoms with Crippen LogP contribution in [0.15, 0.2) is 24.3 Å². The number of methoxy groups -OCH3 is 1. The second-order valence-electron chi connectivity index (χ2n) is 7.00. The molecule has 2 rings (SSSR count). The number of nitro benzene ring substituents is 1. The van der Waals surface area contributed by atoms with Crippen LogP contribution in [0.5, 0.6) is 0 Å². The number of rotatable bonds is 4. The first-order valence-corrected chi connectivity index (χ1v) is 7.92. The standard InChI is InChI=1S/C17H22N2O6/c1-17(2,3)25-16(21)18-9-12(10-18)14(15(20)24-4)11-6-5-7-13(8-11)19(22)23/h5-8,12,14H,9-10H2,1-4H3. The number of likely N-dealkylation sites (tertiary alicyclic amines) is 1. The summed E-state index contributed by atoms with van der Waals surface area (Å²) in [5.41, 5.74) is -0.172. The normalized spacial score (nSPS) is 15.9. The first-order valence-electron chi connectivity index (χ1n) is 7.92. The fourth-order valence-electron chi connectivity index (χ4n) is 2.76. The van der Waals surface area contributed by atoms with Crippen LogP contribution in [-0.2, 0) is 14.3 Å². The molecule has 1 aliphatic heterocycles. The van der Waals surface area contributed by atoms with Crippen LogP contribution in [-0.4, -0.2) is 47.7 Å². The zero-order valence-corrected chi connectivity index (χ0v) is 14.7. The van der Waals surface area contributed by atoms with E-state index < -0.39 is 28.5 Å². The fourth-order valence-corrected chi connectivity index (χ4v) is 2.76. The van der Waals surface area contributed by atoms with Gasteiger partial charge in [0.2, 0.25) is 0 Å². The van der Waals surface area contributed by atoms with Crippen molar-refractivity contribution in [3.8, 4) is 0 Å². The highest BCUT2D eigenvalue weighted by atomic mass is 16.6. The number of hydrogen-bond acceptors (Lipinski definition) is 6. The zero-order chi connectivity index (χ0) is 18.8. The van der Waals surface area contributed by atoms with E-state index in [9.17, 15) is 19.7 Å². The maximum absolute atomic E-state index is 12.2. The van der Waals surface area contributed by atoms with E-state index in [1.165, 1.54) is 30.2 Å². The van der Waals surface area contributed by atoms with E-state index in [4.69, 9.17) is 9.47 Å². The first-order chi connectivity index (χ1) is 11.6. The summed E-state index contributed by atoms with van der Waals surface area (Å²) in [6, 6.07) is 5.93. The lowest BCUT2D eigenvalue weighted by atomic mass is 9.81. The van der Waals surface area contributed by atoms with Gasteiger partial charge in [0.25, 0.3) is 5.69 Å². The third-order valence-electron chi connectivity index (χ3n) is 3.93. The predicted molar refractivity (Wildman–Crippen MR) is 89.2 cm³/mol. The second-order valence-corrected chi connectivity index (χ2v) is 7.00. The Labute approximate surface area is 145 Å².